The summed E-state index contributed by atoms with van der Waals surface area (Å²) in [6.07, 6.45) is 6.15. The fourth-order valence-electron chi connectivity index (χ4n) is 3.16. The molecule has 0 aromatic rings. The average molecular weight is 241 g/mol. The molecule has 1 aliphatic rings. The second kappa shape index (κ2) is 7.34. The number of rotatable bonds is 6. The lowest BCUT2D eigenvalue weighted by molar-refractivity contribution is 0.0835. The van der Waals surface area contributed by atoms with Crippen LogP contribution in [0.2, 0.25) is 0 Å². The van der Waals surface area contributed by atoms with E-state index in [1.807, 2.05) is 0 Å². The maximum atomic E-state index is 6.33. The quantitative estimate of drug-likeness (QED) is 0.771. The first-order chi connectivity index (χ1) is 8.10. The first-order valence-corrected chi connectivity index (χ1v) is 7.26. The highest BCUT2D eigenvalue weighted by Gasteiger charge is 2.28. The van der Waals surface area contributed by atoms with Crippen LogP contribution in [0.5, 0.6) is 0 Å². The van der Waals surface area contributed by atoms with Crippen LogP contribution < -0.4 is 5.73 Å². The van der Waals surface area contributed by atoms with Gasteiger partial charge in [-0.25, -0.2) is 0 Å². The normalized spacial score (nSPS) is 26.1. The van der Waals surface area contributed by atoms with Crippen LogP contribution >= 0.6 is 0 Å². The van der Waals surface area contributed by atoms with Crippen molar-refractivity contribution in [3.63, 3.8) is 0 Å². The van der Waals surface area contributed by atoms with E-state index in [1.54, 1.807) is 0 Å². The summed E-state index contributed by atoms with van der Waals surface area (Å²) in [6, 6.07) is 1.58. The van der Waals surface area contributed by atoms with Crippen LogP contribution in [0, 0.1) is 0 Å². The Balaban J connectivity index is 2.54. The van der Waals surface area contributed by atoms with E-state index in [0.717, 1.165) is 12.8 Å². The largest absolute Gasteiger partial charge is 0.326 e. The number of likely N-dealkylation sites (N-methyl/N-ethyl adjacent to an activating group) is 2. The predicted octanol–water partition coefficient (Wildman–Crippen LogP) is 1.92. The molecule has 3 nitrogen and oxygen atoms in total. The number of piperidine rings is 1. The molecular formula is C14H31N3. The van der Waals surface area contributed by atoms with Gasteiger partial charge in [0.1, 0.15) is 0 Å². The highest BCUT2D eigenvalue weighted by atomic mass is 15.2. The minimum Gasteiger partial charge on any atom is -0.326 e. The summed E-state index contributed by atoms with van der Waals surface area (Å²) in [5.41, 5.74) is 6.33. The molecular weight excluding hydrogens is 210 g/mol. The van der Waals surface area contributed by atoms with Crippen LogP contribution in [0.25, 0.3) is 0 Å². The molecule has 102 valence electrons. The van der Waals surface area contributed by atoms with Crippen LogP contribution in [0.4, 0.5) is 0 Å². The zero-order chi connectivity index (χ0) is 12.8. The molecule has 0 aliphatic carbocycles. The lowest BCUT2D eigenvalue weighted by atomic mass is 9.96. The van der Waals surface area contributed by atoms with Crippen LogP contribution in [0.15, 0.2) is 0 Å². The Kier molecular flexibility index (Phi) is 6.45. The molecule has 2 N–H and O–H groups in total. The minimum absolute atomic E-state index is 0.335. The van der Waals surface area contributed by atoms with Crippen molar-refractivity contribution >= 4 is 0 Å². The van der Waals surface area contributed by atoms with E-state index in [1.165, 1.54) is 32.4 Å². The number of hydrogen-bond acceptors (Lipinski definition) is 3. The van der Waals surface area contributed by atoms with Gasteiger partial charge in [0.05, 0.1) is 0 Å². The first kappa shape index (κ1) is 14.9. The van der Waals surface area contributed by atoms with Gasteiger partial charge in [-0.3, -0.25) is 4.90 Å². The lowest BCUT2D eigenvalue weighted by Crippen LogP contribution is -2.54. The smallest absolute Gasteiger partial charge is 0.0244 e. The molecule has 0 aromatic carbocycles. The third kappa shape index (κ3) is 4.23. The van der Waals surface area contributed by atoms with Crippen molar-refractivity contribution in [2.24, 2.45) is 5.73 Å². The van der Waals surface area contributed by atoms with E-state index in [4.69, 9.17) is 5.73 Å². The topological polar surface area (TPSA) is 32.5 Å². The number of nitrogens with two attached hydrogens (primary N) is 1. The molecule has 1 fully saturated rings. The standard InChI is InChI=1S/C14H31N3/c1-5-8-13(15)14(6-2)17(4)12-9-7-10-16(3)11-12/h12-14H,5-11,15H2,1-4H3. The van der Waals surface area contributed by atoms with E-state index in [-0.39, 0.29) is 0 Å². The monoisotopic (exact) mass is 241 g/mol. The summed E-state index contributed by atoms with van der Waals surface area (Å²) in [5, 5.41) is 0. The molecule has 0 spiro atoms. The molecule has 1 aliphatic heterocycles. The van der Waals surface area contributed by atoms with Crippen LogP contribution in [-0.2, 0) is 0 Å². The maximum absolute atomic E-state index is 6.33. The van der Waals surface area contributed by atoms with Gasteiger partial charge >= 0.3 is 0 Å². The molecule has 0 amide bonds. The second-order valence-electron chi connectivity index (χ2n) is 5.65. The van der Waals surface area contributed by atoms with Gasteiger partial charge in [0, 0.05) is 24.7 Å². The first-order valence-electron chi connectivity index (χ1n) is 7.26. The van der Waals surface area contributed by atoms with Gasteiger partial charge in [-0.1, -0.05) is 20.3 Å². The SMILES string of the molecule is CCCC(N)C(CC)N(C)C1CCCN(C)C1. The minimum atomic E-state index is 0.335. The molecule has 0 aromatic heterocycles. The summed E-state index contributed by atoms with van der Waals surface area (Å²) >= 11 is 0. The van der Waals surface area contributed by atoms with Crippen molar-refractivity contribution in [1.29, 1.82) is 0 Å². The van der Waals surface area contributed by atoms with Crippen molar-refractivity contribution in [2.45, 2.75) is 64.1 Å². The number of nitrogens with zero attached hydrogens (tertiary/aromatic N) is 2. The summed E-state index contributed by atoms with van der Waals surface area (Å²) in [7, 11) is 4.50. The third-order valence-corrected chi connectivity index (χ3v) is 4.23. The van der Waals surface area contributed by atoms with E-state index in [0.29, 0.717) is 18.1 Å². The van der Waals surface area contributed by atoms with E-state index < -0.39 is 0 Å². The molecule has 3 atom stereocenters. The Morgan fingerprint density at radius 1 is 1.41 bits per heavy atom. The molecule has 3 unspecified atom stereocenters. The maximum Gasteiger partial charge on any atom is 0.0244 e. The Labute approximate surface area is 107 Å². The number of likely N-dealkylation sites (tertiary alicyclic amines) is 1. The molecule has 1 heterocycles. The van der Waals surface area contributed by atoms with Crippen molar-refractivity contribution < 1.29 is 0 Å². The van der Waals surface area contributed by atoms with Crippen molar-refractivity contribution in [3.05, 3.63) is 0 Å². The zero-order valence-corrected chi connectivity index (χ0v) is 12.2. The predicted molar refractivity (Wildman–Crippen MR) is 75.2 cm³/mol. The third-order valence-electron chi connectivity index (χ3n) is 4.23. The van der Waals surface area contributed by atoms with E-state index >= 15 is 0 Å². The Morgan fingerprint density at radius 3 is 2.65 bits per heavy atom. The van der Waals surface area contributed by atoms with E-state index in [9.17, 15) is 0 Å². The van der Waals surface area contributed by atoms with Gasteiger partial charge in [-0.15, -0.1) is 0 Å². The fraction of sp³-hybridized carbons (Fsp3) is 1.00. The zero-order valence-electron chi connectivity index (χ0n) is 12.2. The summed E-state index contributed by atoms with van der Waals surface area (Å²) in [5.74, 6) is 0. The summed E-state index contributed by atoms with van der Waals surface area (Å²) in [6.45, 7) is 6.94. The van der Waals surface area contributed by atoms with Crippen molar-refractivity contribution in [2.75, 3.05) is 27.2 Å². The van der Waals surface area contributed by atoms with E-state index in [2.05, 4.69) is 37.7 Å². The van der Waals surface area contributed by atoms with Crippen molar-refractivity contribution in [1.82, 2.24) is 9.80 Å². The molecule has 3 heteroatoms. The summed E-state index contributed by atoms with van der Waals surface area (Å²) < 4.78 is 0. The summed E-state index contributed by atoms with van der Waals surface area (Å²) in [4.78, 5) is 5.00. The average Bonchev–Trinajstić information content (AvgIpc) is 2.30. The number of hydrogen-bond donors (Lipinski definition) is 1. The van der Waals surface area contributed by atoms with Gasteiger partial charge < -0.3 is 10.6 Å². The van der Waals surface area contributed by atoms with Crippen molar-refractivity contribution in [3.8, 4) is 0 Å². The van der Waals surface area contributed by atoms with Gasteiger partial charge in [0.2, 0.25) is 0 Å². The lowest BCUT2D eigenvalue weighted by Gasteiger charge is -2.41. The van der Waals surface area contributed by atoms with Crippen LogP contribution in [0.1, 0.15) is 46.0 Å². The molecule has 0 saturated carbocycles. The van der Waals surface area contributed by atoms with Crippen LogP contribution in [-0.4, -0.2) is 55.1 Å². The second-order valence-corrected chi connectivity index (χ2v) is 5.65. The van der Waals surface area contributed by atoms with Crippen LogP contribution in [0.3, 0.4) is 0 Å². The van der Waals surface area contributed by atoms with Gasteiger partial charge in [0.15, 0.2) is 0 Å². The highest BCUT2D eigenvalue weighted by Crippen LogP contribution is 2.19. The van der Waals surface area contributed by atoms with Gasteiger partial charge in [-0.05, 0) is 46.3 Å². The molecule has 0 bridgehead atoms. The molecule has 1 saturated heterocycles. The Hall–Kier alpha value is -0.120. The molecule has 17 heavy (non-hydrogen) atoms. The molecule has 0 radical (unpaired) electrons. The van der Waals surface area contributed by atoms with Gasteiger partial charge in [-0.2, -0.15) is 0 Å². The fourth-order valence-corrected chi connectivity index (χ4v) is 3.16. The Bertz CT molecular complexity index is 208. The van der Waals surface area contributed by atoms with Gasteiger partial charge in [0.25, 0.3) is 0 Å². The highest BCUT2D eigenvalue weighted by molar-refractivity contribution is 4.86. The molecule has 1 rings (SSSR count). The Morgan fingerprint density at radius 2 is 2.12 bits per heavy atom.